The molecule has 6 aromatic heterocycles. The molecule has 0 atom stereocenters. The number of nitrogen functional groups attached to an aromatic ring is 1. The van der Waals surface area contributed by atoms with Crippen molar-refractivity contribution >= 4 is 203 Å². The van der Waals surface area contributed by atoms with Crippen molar-refractivity contribution in [1.29, 1.82) is 0 Å². The van der Waals surface area contributed by atoms with Crippen molar-refractivity contribution in [2.45, 2.75) is 111 Å². The van der Waals surface area contributed by atoms with Crippen molar-refractivity contribution in [2.24, 2.45) is 17.7 Å². The van der Waals surface area contributed by atoms with Gasteiger partial charge in [0.25, 0.3) is 5.91 Å². The van der Waals surface area contributed by atoms with Crippen LogP contribution in [0.2, 0.25) is 30.1 Å². The van der Waals surface area contributed by atoms with E-state index in [0.717, 1.165) is 187 Å². The number of anilines is 7. The maximum Gasteiger partial charge on any atom is 0.338 e. The van der Waals surface area contributed by atoms with E-state index in [4.69, 9.17) is 84.9 Å². The lowest BCUT2D eigenvalue weighted by Crippen LogP contribution is -2.32. The number of amides is 1. The average Bonchev–Trinajstić information content (AvgIpc) is 0.792. The number of carbonyl (C=O) groups excluding carboxylic acids is 3. The number of halogens is 6. The Hall–Kier alpha value is -13.8. The lowest BCUT2D eigenvalue weighted by atomic mass is 9.76. The van der Waals surface area contributed by atoms with Crippen LogP contribution in [0.3, 0.4) is 0 Å². The second kappa shape index (κ2) is 54.8. The molecule has 145 heavy (non-hydrogen) atoms. The first-order valence-electron chi connectivity index (χ1n) is 49.3. The molecule has 1 amide bonds. The molecule has 9 N–H and O–H groups in total. The summed E-state index contributed by atoms with van der Waals surface area (Å²) in [7, 11) is 0. The summed E-state index contributed by atoms with van der Waals surface area (Å²) in [5.41, 5.74) is 20.5. The van der Waals surface area contributed by atoms with Gasteiger partial charge in [-0.25, -0.2) is 10.6 Å². The fraction of sp³-hybridized carbons (Fsp3) is 0.235. The van der Waals surface area contributed by atoms with Gasteiger partial charge in [-0.2, -0.15) is 0 Å². The van der Waals surface area contributed by atoms with Crippen LogP contribution in [0.25, 0.3) is 76.2 Å². The van der Waals surface area contributed by atoms with Gasteiger partial charge in [-0.05, 0) is 313 Å². The molecule has 19 rings (SSSR count). The SMILES string of the molecule is CC(CNc1ccnc2cc(Cl)ccc12)(c1ccccc1)c1ccccc1.CCCCN(CCCC)CCCNc1ccnc2cc(Cl)ccc12.CCOC(=O)C1CCC(CNc2ccnc3cc(Cl)ccc23)CC1.CCOC(=O)c1ccc(CCNc2ccnc3cc(Cl)ccc23)cc1.Clc1ccc2c(NCc3cccc4ccccc34)ccnc2c1.NNC(=O)c1ccc(Nc2ccnc3cc(Cl)ccc23)cc1. The molecule has 1 aliphatic rings. The molecule has 0 saturated heterocycles. The number of nitrogens with two attached hydrogens (primary N) is 1. The van der Waals surface area contributed by atoms with E-state index in [2.05, 4.69) is 196 Å². The topological polar surface area (TPSA) is 260 Å². The number of nitrogens with zero attached hydrogens (tertiary/aromatic N) is 7. The maximum absolute atomic E-state index is 11.8. The van der Waals surface area contributed by atoms with Crippen LogP contribution in [0.4, 0.5) is 39.8 Å². The number of rotatable bonds is 33. The minimum Gasteiger partial charge on any atom is -0.466 e. The second-order valence-corrected chi connectivity index (χ2v) is 38.1. The number of benzene rings is 12. The van der Waals surface area contributed by atoms with Crippen LogP contribution in [0.5, 0.6) is 0 Å². The van der Waals surface area contributed by atoms with Gasteiger partial charge >= 0.3 is 11.9 Å². The second-order valence-electron chi connectivity index (χ2n) is 35.5. The minimum atomic E-state index is -0.324. The third-order valence-corrected chi connectivity index (χ3v) is 26.9. The van der Waals surface area contributed by atoms with Crippen molar-refractivity contribution in [3.05, 3.63) is 398 Å². The zero-order valence-corrected chi connectivity index (χ0v) is 86.6. The first-order chi connectivity index (χ1) is 70.7. The molecule has 0 aliphatic heterocycles. The van der Waals surface area contributed by atoms with Gasteiger partial charge in [0, 0.05) is 183 Å². The fourth-order valence-corrected chi connectivity index (χ4v) is 18.5. The molecule has 744 valence electrons. The predicted octanol–water partition coefficient (Wildman–Crippen LogP) is 30.2. The average molecular weight is 2050 g/mol. The highest BCUT2D eigenvalue weighted by Gasteiger charge is 2.30. The summed E-state index contributed by atoms with van der Waals surface area (Å²) < 4.78 is 10.1. The number of hydrazine groups is 1. The van der Waals surface area contributed by atoms with Crippen LogP contribution < -0.4 is 43.2 Å². The number of carbonyl (C=O) groups is 3. The predicted molar refractivity (Wildman–Crippen MR) is 606 cm³/mol. The normalized spacial score (nSPS) is 12.6. The highest BCUT2D eigenvalue weighted by molar-refractivity contribution is 6.33. The van der Waals surface area contributed by atoms with Gasteiger partial charge in [0.05, 0.1) is 57.8 Å². The largest absolute Gasteiger partial charge is 0.466 e. The molecular formula is C119H121Cl6N15O5. The number of hydrogen-bond donors (Lipinski definition) is 8. The Labute approximate surface area is 878 Å². The summed E-state index contributed by atoms with van der Waals surface area (Å²) in [6.45, 7) is 19.2. The lowest BCUT2D eigenvalue weighted by molar-refractivity contribution is -0.149. The van der Waals surface area contributed by atoms with Gasteiger partial charge in [-0.15, -0.1) is 0 Å². The molecule has 0 radical (unpaired) electrons. The number of esters is 2. The Kier molecular flexibility index (Phi) is 40.4. The van der Waals surface area contributed by atoms with Gasteiger partial charge in [-0.1, -0.05) is 212 Å². The van der Waals surface area contributed by atoms with Gasteiger partial charge in [0.15, 0.2) is 0 Å². The zero-order valence-electron chi connectivity index (χ0n) is 82.1. The first-order valence-corrected chi connectivity index (χ1v) is 51.6. The Balaban J connectivity index is 0.000000138. The Morgan fingerprint density at radius 2 is 0.779 bits per heavy atom. The number of hydrogen-bond acceptors (Lipinski definition) is 19. The summed E-state index contributed by atoms with van der Waals surface area (Å²) in [6, 6.07) is 97.1. The molecule has 0 bridgehead atoms. The third kappa shape index (κ3) is 30.7. The van der Waals surface area contributed by atoms with E-state index in [1.807, 2.05) is 195 Å². The summed E-state index contributed by atoms with van der Waals surface area (Å²) in [5, 5.41) is 34.1. The Morgan fingerprint density at radius 1 is 0.386 bits per heavy atom. The van der Waals surface area contributed by atoms with Crippen LogP contribution in [0.15, 0.2) is 334 Å². The highest BCUT2D eigenvalue weighted by atomic mass is 35.5. The van der Waals surface area contributed by atoms with E-state index in [0.29, 0.717) is 55.4 Å². The van der Waals surface area contributed by atoms with Gasteiger partial charge in [0.1, 0.15) is 0 Å². The highest BCUT2D eigenvalue weighted by Crippen LogP contribution is 2.38. The maximum atomic E-state index is 11.8. The lowest BCUT2D eigenvalue weighted by Gasteiger charge is -2.32. The molecule has 6 heterocycles. The van der Waals surface area contributed by atoms with E-state index in [9.17, 15) is 14.4 Å². The van der Waals surface area contributed by atoms with Crippen molar-refractivity contribution in [3.8, 4) is 0 Å². The Morgan fingerprint density at radius 3 is 1.23 bits per heavy atom. The smallest absolute Gasteiger partial charge is 0.338 e. The Bertz CT molecular complexity index is 7250. The summed E-state index contributed by atoms with van der Waals surface area (Å²) >= 11 is 36.3. The molecule has 0 unspecified atom stereocenters. The van der Waals surface area contributed by atoms with Gasteiger partial charge in [0.2, 0.25) is 0 Å². The molecule has 18 aromatic rings. The molecular weight excluding hydrogens is 1930 g/mol. The van der Waals surface area contributed by atoms with Crippen molar-refractivity contribution in [1.82, 2.24) is 40.2 Å². The van der Waals surface area contributed by atoms with Crippen molar-refractivity contribution in [3.63, 3.8) is 0 Å². The van der Waals surface area contributed by atoms with Crippen LogP contribution >= 0.6 is 69.6 Å². The zero-order chi connectivity index (χ0) is 102. The molecule has 0 spiro atoms. The van der Waals surface area contributed by atoms with E-state index >= 15 is 0 Å². The van der Waals surface area contributed by atoms with Crippen LogP contribution in [0, 0.1) is 11.8 Å². The standard InChI is InChI=1S/C24H21ClN2.C20H30ClN3.C20H19ClN2O2.C20H15ClN2.C19H23ClN2O2.C16H13ClN4O/c1-24(18-8-4-2-5-9-18,19-10-6-3-7-11-19)17-27-22-14-15-26-23-16-20(25)12-13-21(22)23;1-3-5-13-24(14-6-4-2)15-7-11-22-19-10-12-23-20-16-17(21)8-9-18(19)20;1-2-25-20(24)15-5-3-14(4-6-15)9-11-22-18-10-12-23-19-13-16(21)7-8-17(18)19;21-16-8-9-18-19(10-11-22-20(18)12-16)23-13-15-6-3-5-14-4-1-2-7-17(14)15;1-2-24-19(23)14-5-3-13(4-6-14)12-22-17-9-10-21-18-11-15(20)7-8-16(17)18;17-11-3-6-13-14(7-8-19-15(13)9-11)20-12-4-1-10(2-5-12)16(22)21-18/h2-16H,17H2,1H3,(H,26,27);8-10,12,16H,3-7,11,13-15H2,1-2H3,(H,22,23);3-8,10,12-13H,2,9,11H2,1H3,(H,22,23);1-12H,13H2,(H,22,23);7-11,13-14H,2-6,12H2,1H3,(H,21,22);1-9H,18H2,(H,19,20)(H,21,22). The van der Waals surface area contributed by atoms with Crippen molar-refractivity contribution in [2.75, 3.05) is 90.9 Å². The summed E-state index contributed by atoms with van der Waals surface area (Å²) in [6.07, 6.45) is 21.9. The number of pyridine rings is 6. The summed E-state index contributed by atoms with van der Waals surface area (Å²) in [5.74, 6) is 5.15. The van der Waals surface area contributed by atoms with E-state index in [-0.39, 0.29) is 29.2 Å². The molecule has 26 heteroatoms. The minimum absolute atomic E-state index is 0.0269. The van der Waals surface area contributed by atoms with E-state index in [1.54, 1.807) is 49.8 Å². The van der Waals surface area contributed by atoms with Gasteiger partial charge in [-0.3, -0.25) is 44.9 Å². The van der Waals surface area contributed by atoms with Gasteiger partial charge < -0.3 is 46.3 Å². The number of aromatic nitrogens is 6. The molecule has 12 aromatic carbocycles. The van der Waals surface area contributed by atoms with E-state index in [1.165, 1.54) is 72.8 Å². The summed E-state index contributed by atoms with van der Waals surface area (Å²) in [4.78, 5) is 63.7. The molecule has 1 fully saturated rings. The number of ether oxygens (including phenoxy) is 2. The van der Waals surface area contributed by atoms with Crippen LogP contribution in [-0.4, -0.2) is 112 Å². The third-order valence-electron chi connectivity index (χ3n) is 25.5. The quantitative estimate of drug-likeness (QED) is 0.00625. The monoisotopic (exact) mass is 2050 g/mol. The van der Waals surface area contributed by atoms with E-state index < -0.39 is 0 Å². The number of fused-ring (bicyclic) bond motifs is 7. The number of nitrogens with one attached hydrogen (secondary N) is 7. The first kappa shape index (κ1) is 107. The van der Waals surface area contributed by atoms with Crippen molar-refractivity contribution < 1.29 is 23.9 Å². The fourth-order valence-electron chi connectivity index (χ4n) is 17.5. The molecule has 1 aliphatic carbocycles. The van der Waals surface area contributed by atoms with Crippen LogP contribution in [0.1, 0.15) is 135 Å². The van der Waals surface area contributed by atoms with Crippen LogP contribution in [-0.2, 0) is 32.6 Å². The molecule has 20 nitrogen and oxygen atoms in total. The number of unbranched alkanes of at least 4 members (excludes halogenated alkanes) is 2. The molecule has 1 saturated carbocycles.